The Morgan fingerprint density at radius 1 is 1.04 bits per heavy atom. The molecule has 2 atom stereocenters. The maximum Gasteiger partial charge on any atom is 0.414 e. The van der Waals surface area contributed by atoms with Crippen molar-refractivity contribution in [1.82, 2.24) is 0 Å². The highest BCUT2D eigenvalue weighted by Gasteiger charge is 2.50. The summed E-state index contributed by atoms with van der Waals surface area (Å²) >= 11 is 0. The summed E-state index contributed by atoms with van der Waals surface area (Å²) in [5.74, 6) is -0.0960. The number of non-ortho nitro benzene ring substituents is 1. The zero-order valence-corrected chi connectivity index (χ0v) is 12.1. The first-order chi connectivity index (χ1) is 11.4. The Kier molecular flexibility index (Phi) is 3.96. The minimum absolute atomic E-state index is 0.0960. The minimum atomic E-state index is -4.59. The van der Waals surface area contributed by atoms with Crippen molar-refractivity contribution in [3.05, 3.63) is 75.8 Å². The standard InChI is InChI=1S/C16H11F3N2O3/c17-16(18,19)14-13(10-6-8-12(9-7-10)21(22)23)24-15(20-14)11-4-2-1-3-5-11/h1-9,13-14H/t13-,14+/m1/s1. The lowest BCUT2D eigenvalue weighted by molar-refractivity contribution is -0.384. The summed E-state index contributed by atoms with van der Waals surface area (Å²) in [6, 6.07) is 11.0. The molecule has 2 aromatic rings. The van der Waals surface area contributed by atoms with Gasteiger partial charge < -0.3 is 4.74 Å². The van der Waals surface area contributed by atoms with Crippen molar-refractivity contribution in [1.29, 1.82) is 0 Å². The van der Waals surface area contributed by atoms with E-state index in [1.165, 1.54) is 12.1 Å². The monoisotopic (exact) mass is 336 g/mol. The highest BCUT2D eigenvalue weighted by atomic mass is 19.4. The third-order valence-electron chi connectivity index (χ3n) is 3.57. The fourth-order valence-corrected chi connectivity index (χ4v) is 2.41. The van der Waals surface area contributed by atoms with Crippen LogP contribution < -0.4 is 0 Å². The van der Waals surface area contributed by atoms with Gasteiger partial charge in [-0.15, -0.1) is 0 Å². The van der Waals surface area contributed by atoms with E-state index in [9.17, 15) is 23.3 Å². The molecule has 124 valence electrons. The SMILES string of the molecule is O=[N+]([O-])c1ccc([C@H]2OC(c3ccccc3)=N[C@@H]2C(F)(F)F)cc1. The molecule has 0 bridgehead atoms. The van der Waals surface area contributed by atoms with Gasteiger partial charge in [-0.1, -0.05) is 18.2 Å². The van der Waals surface area contributed by atoms with Gasteiger partial charge in [-0.3, -0.25) is 10.1 Å². The molecule has 24 heavy (non-hydrogen) atoms. The fourth-order valence-electron chi connectivity index (χ4n) is 2.41. The Bertz CT molecular complexity index is 773. The van der Waals surface area contributed by atoms with Gasteiger partial charge in [0, 0.05) is 17.7 Å². The van der Waals surface area contributed by atoms with Crippen molar-refractivity contribution in [2.24, 2.45) is 4.99 Å². The van der Waals surface area contributed by atoms with E-state index in [0.29, 0.717) is 5.56 Å². The molecule has 8 heteroatoms. The molecular weight excluding hydrogens is 325 g/mol. The number of rotatable bonds is 3. The van der Waals surface area contributed by atoms with Crippen LogP contribution in [0.4, 0.5) is 18.9 Å². The number of nitro benzene ring substituents is 1. The second kappa shape index (κ2) is 5.95. The van der Waals surface area contributed by atoms with E-state index in [0.717, 1.165) is 12.1 Å². The van der Waals surface area contributed by atoms with Crippen molar-refractivity contribution < 1.29 is 22.8 Å². The van der Waals surface area contributed by atoms with E-state index in [1.807, 2.05) is 0 Å². The van der Waals surface area contributed by atoms with Gasteiger partial charge in [0.05, 0.1) is 4.92 Å². The number of alkyl halides is 3. The number of hydrogen-bond acceptors (Lipinski definition) is 4. The van der Waals surface area contributed by atoms with Crippen LogP contribution in [0.25, 0.3) is 0 Å². The summed E-state index contributed by atoms with van der Waals surface area (Å²) in [6.45, 7) is 0. The molecule has 0 aliphatic carbocycles. The second-order valence-electron chi connectivity index (χ2n) is 5.17. The van der Waals surface area contributed by atoms with Crippen molar-refractivity contribution in [2.45, 2.75) is 18.3 Å². The van der Waals surface area contributed by atoms with E-state index < -0.39 is 23.2 Å². The highest BCUT2D eigenvalue weighted by molar-refractivity contribution is 5.95. The molecule has 0 spiro atoms. The van der Waals surface area contributed by atoms with E-state index in [2.05, 4.69) is 4.99 Å². The molecule has 2 aromatic carbocycles. The van der Waals surface area contributed by atoms with Gasteiger partial charge in [-0.05, 0) is 29.8 Å². The highest BCUT2D eigenvalue weighted by Crippen LogP contribution is 2.40. The van der Waals surface area contributed by atoms with Crippen LogP contribution in [0.15, 0.2) is 59.6 Å². The van der Waals surface area contributed by atoms with Gasteiger partial charge >= 0.3 is 6.18 Å². The fraction of sp³-hybridized carbons (Fsp3) is 0.188. The van der Waals surface area contributed by atoms with E-state index >= 15 is 0 Å². The Hall–Kier alpha value is -2.90. The molecule has 3 rings (SSSR count). The number of hydrogen-bond donors (Lipinski definition) is 0. The molecule has 0 saturated carbocycles. The molecule has 0 fully saturated rings. The summed E-state index contributed by atoms with van der Waals surface area (Å²) in [5.41, 5.74) is 0.415. The third kappa shape index (κ3) is 3.08. The molecule has 0 saturated heterocycles. The van der Waals surface area contributed by atoms with Gasteiger partial charge in [0.15, 0.2) is 12.1 Å². The van der Waals surface area contributed by atoms with Crippen molar-refractivity contribution >= 4 is 11.6 Å². The molecule has 0 N–H and O–H groups in total. The maximum absolute atomic E-state index is 13.3. The van der Waals surface area contributed by atoms with Crippen molar-refractivity contribution in [3.63, 3.8) is 0 Å². The van der Waals surface area contributed by atoms with Crippen molar-refractivity contribution in [3.8, 4) is 0 Å². The first-order valence-corrected chi connectivity index (χ1v) is 6.97. The molecule has 0 aromatic heterocycles. The minimum Gasteiger partial charge on any atom is -0.467 e. The third-order valence-corrected chi connectivity index (χ3v) is 3.57. The number of benzene rings is 2. The average Bonchev–Trinajstić information content (AvgIpc) is 3.01. The lowest BCUT2D eigenvalue weighted by Crippen LogP contribution is -2.31. The van der Waals surface area contributed by atoms with Crippen LogP contribution in [0, 0.1) is 10.1 Å². The first kappa shape index (κ1) is 16.0. The number of aliphatic imine (C=N–C) groups is 1. The van der Waals surface area contributed by atoms with E-state index in [-0.39, 0.29) is 17.1 Å². The molecule has 1 heterocycles. The zero-order chi connectivity index (χ0) is 17.3. The summed E-state index contributed by atoms with van der Waals surface area (Å²) in [7, 11) is 0. The lowest BCUT2D eigenvalue weighted by Gasteiger charge is -2.20. The van der Waals surface area contributed by atoms with Crippen LogP contribution in [0.1, 0.15) is 17.2 Å². The summed E-state index contributed by atoms with van der Waals surface area (Å²) in [5, 5.41) is 10.7. The van der Waals surface area contributed by atoms with Crippen LogP contribution in [0.5, 0.6) is 0 Å². The Morgan fingerprint density at radius 3 is 2.21 bits per heavy atom. The molecular formula is C16H11F3N2O3. The molecule has 0 amide bonds. The molecule has 0 radical (unpaired) electrons. The Labute approximate surface area is 134 Å². The number of nitro groups is 1. The predicted molar refractivity (Wildman–Crippen MR) is 79.7 cm³/mol. The Balaban J connectivity index is 1.94. The first-order valence-electron chi connectivity index (χ1n) is 6.97. The van der Waals surface area contributed by atoms with Crippen LogP contribution in [0.2, 0.25) is 0 Å². The van der Waals surface area contributed by atoms with Crippen LogP contribution in [-0.4, -0.2) is 23.0 Å². The number of ether oxygens (including phenoxy) is 1. The summed E-state index contributed by atoms with van der Waals surface area (Å²) in [6.07, 6.45) is -5.97. The molecule has 1 aliphatic rings. The molecule has 0 unspecified atom stereocenters. The smallest absolute Gasteiger partial charge is 0.414 e. The van der Waals surface area contributed by atoms with Crippen LogP contribution >= 0.6 is 0 Å². The van der Waals surface area contributed by atoms with Crippen LogP contribution in [-0.2, 0) is 4.74 Å². The largest absolute Gasteiger partial charge is 0.467 e. The zero-order valence-electron chi connectivity index (χ0n) is 12.1. The quantitative estimate of drug-likeness (QED) is 0.627. The van der Waals surface area contributed by atoms with Gasteiger partial charge in [0.2, 0.25) is 5.90 Å². The second-order valence-corrected chi connectivity index (χ2v) is 5.17. The normalized spacial score (nSPS) is 20.4. The van der Waals surface area contributed by atoms with Gasteiger partial charge in [0.25, 0.3) is 5.69 Å². The van der Waals surface area contributed by atoms with Gasteiger partial charge in [-0.2, -0.15) is 13.2 Å². The summed E-state index contributed by atoms with van der Waals surface area (Å²) in [4.78, 5) is 13.7. The molecule has 1 aliphatic heterocycles. The molecule has 5 nitrogen and oxygen atoms in total. The topological polar surface area (TPSA) is 64.7 Å². The predicted octanol–water partition coefficient (Wildman–Crippen LogP) is 4.04. The number of halogens is 3. The lowest BCUT2D eigenvalue weighted by atomic mass is 10.0. The van der Waals surface area contributed by atoms with Gasteiger partial charge in [0.1, 0.15) is 0 Å². The average molecular weight is 336 g/mol. The Morgan fingerprint density at radius 2 is 1.67 bits per heavy atom. The van der Waals surface area contributed by atoms with Crippen molar-refractivity contribution in [2.75, 3.05) is 0 Å². The van der Waals surface area contributed by atoms with Gasteiger partial charge in [-0.25, -0.2) is 4.99 Å². The van der Waals surface area contributed by atoms with Crippen LogP contribution in [0.3, 0.4) is 0 Å². The maximum atomic E-state index is 13.3. The van der Waals surface area contributed by atoms with E-state index in [4.69, 9.17) is 4.74 Å². The number of nitrogens with zero attached hydrogens (tertiary/aromatic N) is 2. The van der Waals surface area contributed by atoms with E-state index in [1.54, 1.807) is 30.3 Å². The summed E-state index contributed by atoms with van der Waals surface area (Å²) < 4.78 is 45.3.